The topological polar surface area (TPSA) is 50.7 Å². The first kappa shape index (κ1) is 12.8. The number of ether oxygens (including phenoxy) is 2. The Morgan fingerprint density at radius 3 is 2.84 bits per heavy atom. The van der Waals surface area contributed by atoms with Crippen LogP contribution < -0.4 is 14.8 Å². The Morgan fingerprint density at radius 2 is 2.05 bits per heavy atom. The summed E-state index contributed by atoms with van der Waals surface area (Å²) in [4.78, 5) is 0. The largest absolute Gasteiger partial charge is 0.454 e. The Hall–Kier alpha value is -1.26. The minimum absolute atomic E-state index is 0.0926. The smallest absolute Gasteiger partial charge is 0.231 e. The summed E-state index contributed by atoms with van der Waals surface area (Å²) < 4.78 is 10.9. The lowest BCUT2D eigenvalue weighted by atomic mass is 9.87. The summed E-state index contributed by atoms with van der Waals surface area (Å²) in [7, 11) is 0. The van der Waals surface area contributed by atoms with Crippen molar-refractivity contribution in [3.63, 3.8) is 0 Å². The maximum Gasteiger partial charge on any atom is 0.231 e. The molecule has 3 rings (SSSR count). The van der Waals surface area contributed by atoms with Crippen molar-refractivity contribution in [2.45, 2.75) is 32.2 Å². The van der Waals surface area contributed by atoms with E-state index in [4.69, 9.17) is 9.47 Å². The fourth-order valence-corrected chi connectivity index (χ4v) is 3.11. The van der Waals surface area contributed by atoms with Crippen molar-refractivity contribution >= 4 is 0 Å². The average molecular weight is 263 g/mol. The summed E-state index contributed by atoms with van der Waals surface area (Å²) in [6, 6.07) is 5.97. The Kier molecular flexibility index (Phi) is 3.62. The van der Waals surface area contributed by atoms with Gasteiger partial charge in [0.05, 0.1) is 0 Å². The molecular formula is C15H21NO3. The molecule has 0 saturated heterocycles. The van der Waals surface area contributed by atoms with Crippen molar-refractivity contribution < 1.29 is 14.6 Å². The molecule has 0 spiro atoms. The van der Waals surface area contributed by atoms with Crippen molar-refractivity contribution in [3.05, 3.63) is 23.8 Å². The molecule has 1 heterocycles. The first-order valence-corrected chi connectivity index (χ1v) is 7.02. The molecule has 0 amide bonds. The van der Waals surface area contributed by atoms with Crippen LogP contribution in [0.15, 0.2) is 18.2 Å². The molecule has 1 aliphatic heterocycles. The number of para-hydroxylation sites is 1. The number of hydrogen-bond acceptors (Lipinski definition) is 4. The van der Waals surface area contributed by atoms with Gasteiger partial charge in [-0.05, 0) is 18.9 Å². The van der Waals surface area contributed by atoms with Crippen LogP contribution in [0, 0.1) is 5.41 Å². The number of benzene rings is 1. The van der Waals surface area contributed by atoms with Gasteiger partial charge >= 0.3 is 0 Å². The zero-order chi connectivity index (χ0) is 13.1. The summed E-state index contributed by atoms with van der Waals surface area (Å²) in [5.74, 6) is 1.69. The Labute approximate surface area is 113 Å². The first-order valence-electron chi connectivity index (χ1n) is 7.02. The van der Waals surface area contributed by atoms with E-state index in [-0.39, 0.29) is 12.0 Å². The Morgan fingerprint density at radius 1 is 1.21 bits per heavy atom. The highest BCUT2D eigenvalue weighted by Gasteiger charge is 2.32. The molecule has 0 atom stereocenters. The normalized spacial score (nSPS) is 19.8. The standard InChI is InChI=1S/C15H21NO3/c17-10-15(6-1-2-7-15)9-16-8-12-4-3-5-13-14(12)19-11-18-13/h3-5,16-17H,1-2,6-11H2. The number of aliphatic hydroxyl groups excluding tert-OH is 1. The predicted molar refractivity (Wildman–Crippen MR) is 72.3 cm³/mol. The minimum atomic E-state index is 0.0926. The summed E-state index contributed by atoms with van der Waals surface area (Å²) in [5, 5.41) is 13.1. The van der Waals surface area contributed by atoms with E-state index in [0.717, 1.165) is 43.0 Å². The zero-order valence-electron chi connectivity index (χ0n) is 11.2. The molecule has 2 N–H and O–H groups in total. The number of aliphatic hydroxyl groups is 1. The van der Waals surface area contributed by atoms with Crippen LogP contribution in [0.2, 0.25) is 0 Å². The summed E-state index contributed by atoms with van der Waals surface area (Å²) in [5.41, 5.74) is 1.22. The number of fused-ring (bicyclic) bond motifs is 1. The van der Waals surface area contributed by atoms with Gasteiger partial charge in [-0.25, -0.2) is 0 Å². The molecule has 104 valence electrons. The van der Waals surface area contributed by atoms with E-state index in [1.165, 1.54) is 12.8 Å². The van der Waals surface area contributed by atoms with E-state index in [9.17, 15) is 5.11 Å². The Bertz CT molecular complexity index is 441. The van der Waals surface area contributed by atoms with Gasteiger partial charge in [-0.3, -0.25) is 0 Å². The number of nitrogens with one attached hydrogen (secondary N) is 1. The first-order chi connectivity index (χ1) is 9.33. The van der Waals surface area contributed by atoms with Gasteiger partial charge in [0.2, 0.25) is 6.79 Å². The molecule has 1 saturated carbocycles. The quantitative estimate of drug-likeness (QED) is 0.853. The van der Waals surface area contributed by atoms with E-state index in [2.05, 4.69) is 11.4 Å². The molecule has 4 nitrogen and oxygen atoms in total. The molecule has 1 aromatic rings. The number of hydrogen-bond donors (Lipinski definition) is 2. The molecule has 1 fully saturated rings. The van der Waals surface area contributed by atoms with Crippen LogP contribution in [0.5, 0.6) is 11.5 Å². The Balaban J connectivity index is 1.59. The summed E-state index contributed by atoms with van der Waals surface area (Å²) >= 11 is 0. The lowest BCUT2D eigenvalue weighted by Crippen LogP contribution is -2.34. The van der Waals surface area contributed by atoms with Crippen LogP contribution in [0.25, 0.3) is 0 Å². The summed E-state index contributed by atoms with van der Waals surface area (Å²) in [6.45, 7) is 2.22. The molecule has 0 bridgehead atoms. The highest BCUT2D eigenvalue weighted by molar-refractivity contribution is 5.48. The third-order valence-electron chi connectivity index (χ3n) is 4.29. The maximum atomic E-state index is 9.58. The molecule has 1 aromatic carbocycles. The van der Waals surface area contributed by atoms with Crippen molar-refractivity contribution in [2.75, 3.05) is 19.9 Å². The van der Waals surface area contributed by atoms with Gasteiger partial charge in [0.15, 0.2) is 11.5 Å². The van der Waals surface area contributed by atoms with E-state index in [1.54, 1.807) is 0 Å². The second-order valence-corrected chi connectivity index (χ2v) is 5.62. The van der Waals surface area contributed by atoms with E-state index in [1.807, 2.05) is 12.1 Å². The lowest BCUT2D eigenvalue weighted by molar-refractivity contribution is 0.128. The van der Waals surface area contributed by atoms with Crippen LogP contribution in [-0.2, 0) is 6.54 Å². The highest BCUT2D eigenvalue weighted by Crippen LogP contribution is 2.38. The van der Waals surface area contributed by atoms with Crippen LogP contribution >= 0.6 is 0 Å². The van der Waals surface area contributed by atoms with Crippen molar-refractivity contribution in [3.8, 4) is 11.5 Å². The fourth-order valence-electron chi connectivity index (χ4n) is 3.11. The summed E-state index contributed by atoms with van der Waals surface area (Å²) in [6.07, 6.45) is 4.73. The number of rotatable bonds is 5. The van der Waals surface area contributed by atoms with Gasteiger partial charge in [0.1, 0.15) is 0 Å². The van der Waals surface area contributed by atoms with E-state index < -0.39 is 0 Å². The lowest BCUT2D eigenvalue weighted by Gasteiger charge is -2.26. The molecule has 4 heteroatoms. The second-order valence-electron chi connectivity index (χ2n) is 5.62. The van der Waals surface area contributed by atoms with Gasteiger partial charge in [-0.15, -0.1) is 0 Å². The van der Waals surface area contributed by atoms with Crippen LogP contribution in [0.4, 0.5) is 0 Å². The fraction of sp³-hybridized carbons (Fsp3) is 0.600. The molecule has 2 aliphatic rings. The van der Waals surface area contributed by atoms with E-state index in [0.29, 0.717) is 6.79 Å². The van der Waals surface area contributed by atoms with Crippen molar-refractivity contribution in [1.29, 1.82) is 0 Å². The van der Waals surface area contributed by atoms with Gasteiger partial charge in [0, 0.05) is 30.7 Å². The third kappa shape index (κ3) is 2.55. The molecule has 0 aromatic heterocycles. The predicted octanol–water partition coefficient (Wildman–Crippen LogP) is 2.06. The molecule has 1 aliphatic carbocycles. The van der Waals surface area contributed by atoms with Gasteiger partial charge in [0.25, 0.3) is 0 Å². The molecule has 0 unspecified atom stereocenters. The average Bonchev–Trinajstić information content (AvgIpc) is 3.08. The molecule has 0 radical (unpaired) electrons. The molecule has 19 heavy (non-hydrogen) atoms. The third-order valence-corrected chi connectivity index (χ3v) is 4.29. The van der Waals surface area contributed by atoms with Gasteiger partial charge in [-0.2, -0.15) is 0 Å². The van der Waals surface area contributed by atoms with Crippen LogP contribution in [-0.4, -0.2) is 25.1 Å². The maximum absolute atomic E-state index is 9.58. The zero-order valence-corrected chi connectivity index (χ0v) is 11.2. The van der Waals surface area contributed by atoms with Crippen LogP contribution in [0.3, 0.4) is 0 Å². The van der Waals surface area contributed by atoms with Crippen molar-refractivity contribution in [2.24, 2.45) is 5.41 Å². The van der Waals surface area contributed by atoms with Crippen molar-refractivity contribution in [1.82, 2.24) is 5.32 Å². The molecular weight excluding hydrogens is 242 g/mol. The van der Waals surface area contributed by atoms with Crippen LogP contribution in [0.1, 0.15) is 31.2 Å². The van der Waals surface area contributed by atoms with E-state index >= 15 is 0 Å². The van der Waals surface area contributed by atoms with Gasteiger partial charge in [-0.1, -0.05) is 25.0 Å². The highest BCUT2D eigenvalue weighted by atomic mass is 16.7. The SMILES string of the molecule is OCC1(CNCc2cccc3c2OCO3)CCCC1. The monoisotopic (exact) mass is 263 g/mol. The van der Waals surface area contributed by atoms with Gasteiger partial charge < -0.3 is 19.9 Å². The minimum Gasteiger partial charge on any atom is -0.454 e. The second kappa shape index (κ2) is 5.39.